The standard InChI is InChI=1S/C13H23N5O/c1-17(8-10-7-15-18(2)9-10)12(6-14)5-13(19)16-11-3-4-11/h7,9,11-12H,3-6,8,14H2,1-2H3,(H,16,19). The summed E-state index contributed by atoms with van der Waals surface area (Å²) in [6, 6.07) is 0.480. The van der Waals surface area contributed by atoms with Gasteiger partial charge < -0.3 is 11.1 Å². The van der Waals surface area contributed by atoms with E-state index in [9.17, 15) is 4.79 Å². The monoisotopic (exact) mass is 265 g/mol. The van der Waals surface area contributed by atoms with E-state index in [0.29, 0.717) is 19.0 Å². The number of likely N-dealkylation sites (N-methyl/N-ethyl adjacent to an activating group) is 1. The Morgan fingerprint density at radius 2 is 2.42 bits per heavy atom. The SMILES string of the molecule is CN(Cc1cnn(C)c1)C(CN)CC(=O)NC1CC1. The lowest BCUT2D eigenvalue weighted by molar-refractivity contribution is -0.122. The normalized spacial score (nSPS) is 16.6. The van der Waals surface area contributed by atoms with E-state index in [4.69, 9.17) is 5.73 Å². The van der Waals surface area contributed by atoms with Crippen LogP contribution in [-0.4, -0.2) is 46.3 Å². The van der Waals surface area contributed by atoms with Crippen molar-refractivity contribution in [3.8, 4) is 0 Å². The summed E-state index contributed by atoms with van der Waals surface area (Å²) < 4.78 is 1.78. The molecule has 19 heavy (non-hydrogen) atoms. The maximum Gasteiger partial charge on any atom is 0.221 e. The van der Waals surface area contributed by atoms with Crippen molar-refractivity contribution in [1.29, 1.82) is 0 Å². The fourth-order valence-corrected chi connectivity index (χ4v) is 2.12. The first-order valence-corrected chi connectivity index (χ1v) is 6.75. The van der Waals surface area contributed by atoms with Crippen molar-refractivity contribution in [2.24, 2.45) is 12.8 Å². The molecule has 0 spiro atoms. The van der Waals surface area contributed by atoms with Crippen molar-refractivity contribution >= 4 is 5.91 Å². The summed E-state index contributed by atoms with van der Waals surface area (Å²) in [5.41, 5.74) is 6.92. The number of carbonyl (C=O) groups is 1. The van der Waals surface area contributed by atoms with E-state index < -0.39 is 0 Å². The molecule has 1 atom stereocenters. The lowest BCUT2D eigenvalue weighted by Crippen LogP contribution is -2.41. The van der Waals surface area contributed by atoms with Crippen LogP contribution in [0.15, 0.2) is 12.4 Å². The molecule has 1 aliphatic rings. The van der Waals surface area contributed by atoms with E-state index in [0.717, 1.165) is 24.9 Å². The van der Waals surface area contributed by atoms with E-state index in [2.05, 4.69) is 15.3 Å². The molecule has 1 unspecified atom stereocenters. The number of carbonyl (C=O) groups excluding carboxylic acids is 1. The first kappa shape index (κ1) is 14.0. The molecule has 0 aliphatic heterocycles. The summed E-state index contributed by atoms with van der Waals surface area (Å²) in [4.78, 5) is 13.9. The van der Waals surface area contributed by atoms with E-state index in [-0.39, 0.29) is 11.9 Å². The Kier molecular flexibility index (Phi) is 4.55. The van der Waals surface area contributed by atoms with Crippen LogP contribution in [0.5, 0.6) is 0 Å². The number of rotatable bonds is 7. The second-order valence-electron chi connectivity index (χ2n) is 5.37. The Labute approximate surface area is 113 Å². The molecule has 1 aromatic heterocycles. The molecule has 0 saturated heterocycles. The second-order valence-corrected chi connectivity index (χ2v) is 5.37. The highest BCUT2D eigenvalue weighted by atomic mass is 16.1. The van der Waals surface area contributed by atoms with Crippen LogP contribution < -0.4 is 11.1 Å². The molecule has 0 aromatic carbocycles. The molecule has 0 radical (unpaired) electrons. The van der Waals surface area contributed by atoms with Gasteiger partial charge in [0.2, 0.25) is 5.91 Å². The number of nitrogens with zero attached hydrogens (tertiary/aromatic N) is 3. The largest absolute Gasteiger partial charge is 0.353 e. The van der Waals surface area contributed by atoms with E-state index in [1.165, 1.54) is 0 Å². The number of amides is 1. The zero-order chi connectivity index (χ0) is 13.8. The van der Waals surface area contributed by atoms with E-state index in [1.54, 1.807) is 4.68 Å². The molecule has 6 heteroatoms. The highest BCUT2D eigenvalue weighted by molar-refractivity contribution is 5.77. The minimum atomic E-state index is 0.0685. The Bertz CT molecular complexity index is 426. The number of hydrogen-bond acceptors (Lipinski definition) is 4. The molecular formula is C13H23N5O. The summed E-state index contributed by atoms with van der Waals surface area (Å²) in [6.07, 6.45) is 6.52. The fraction of sp³-hybridized carbons (Fsp3) is 0.692. The van der Waals surface area contributed by atoms with E-state index >= 15 is 0 Å². The van der Waals surface area contributed by atoms with Gasteiger partial charge in [0.05, 0.1) is 6.20 Å². The first-order valence-electron chi connectivity index (χ1n) is 6.75. The number of aromatic nitrogens is 2. The van der Waals surface area contributed by atoms with Crippen LogP contribution in [0, 0.1) is 0 Å². The van der Waals surface area contributed by atoms with Gasteiger partial charge in [-0.05, 0) is 19.9 Å². The molecule has 0 bridgehead atoms. The third kappa shape index (κ3) is 4.33. The first-order chi connectivity index (χ1) is 9.08. The minimum Gasteiger partial charge on any atom is -0.353 e. The van der Waals surface area contributed by atoms with Gasteiger partial charge in [-0.2, -0.15) is 5.10 Å². The molecule has 106 valence electrons. The average Bonchev–Trinajstić information content (AvgIpc) is 3.08. The van der Waals surface area contributed by atoms with Crippen LogP contribution in [0.3, 0.4) is 0 Å². The Hall–Kier alpha value is -1.40. The molecule has 1 aliphatic carbocycles. The maximum absolute atomic E-state index is 11.8. The predicted octanol–water partition coefficient (Wildman–Crippen LogP) is -0.152. The summed E-state index contributed by atoms with van der Waals surface area (Å²) in [5.74, 6) is 0.107. The zero-order valence-electron chi connectivity index (χ0n) is 11.7. The van der Waals surface area contributed by atoms with Gasteiger partial charge in [-0.1, -0.05) is 0 Å². The van der Waals surface area contributed by atoms with Gasteiger partial charge in [-0.25, -0.2) is 0 Å². The third-order valence-electron chi connectivity index (χ3n) is 3.45. The number of aryl methyl sites for hydroxylation is 1. The number of hydrogen-bond donors (Lipinski definition) is 2. The molecule has 3 N–H and O–H groups in total. The molecule has 1 fully saturated rings. The minimum absolute atomic E-state index is 0.0685. The van der Waals surface area contributed by atoms with Gasteiger partial charge in [-0.3, -0.25) is 14.4 Å². The zero-order valence-corrected chi connectivity index (χ0v) is 11.7. The molecule has 2 rings (SSSR count). The predicted molar refractivity (Wildman–Crippen MR) is 73.3 cm³/mol. The number of nitrogens with one attached hydrogen (secondary N) is 1. The van der Waals surface area contributed by atoms with Crippen molar-refractivity contribution in [3.63, 3.8) is 0 Å². The summed E-state index contributed by atoms with van der Waals surface area (Å²) in [5, 5.41) is 7.15. The Morgan fingerprint density at radius 3 is 2.95 bits per heavy atom. The van der Waals surface area contributed by atoms with Crippen LogP contribution in [0.25, 0.3) is 0 Å². The molecular weight excluding hydrogens is 242 g/mol. The van der Waals surface area contributed by atoms with Crippen LogP contribution in [0.1, 0.15) is 24.8 Å². The lowest BCUT2D eigenvalue weighted by atomic mass is 10.1. The summed E-state index contributed by atoms with van der Waals surface area (Å²) in [7, 11) is 3.89. The van der Waals surface area contributed by atoms with Crippen LogP contribution in [0.4, 0.5) is 0 Å². The van der Waals surface area contributed by atoms with Crippen LogP contribution in [-0.2, 0) is 18.4 Å². The molecule has 6 nitrogen and oxygen atoms in total. The fourth-order valence-electron chi connectivity index (χ4n) is 2.12. The van der Waals surface area contributed by atoms with Gasteiger partial charge >= 0.3 is 0 Å². The third-order valence-corrected chi connectivity index (χ3v) is 3.45. The Balaban J connectivity index is 1.83. The highest BCUT2D eigenvalue weighted by Gasteiger charge is 2.25. The van der Waals surface area contributed by atoms with Gasteiger partial charge in [-0.15, -0.1) is 0 Å². The van der Waals surface area contributed by atoms with Crippen molar-refractivity contribution in [2.75, 3.05) is 13.6 Å². The molecule has 1 aromatic rings. The summed E-state index contributed by atoms with van der Waals surface area (Å²) in [6.45, 7) is 1.24. The van der Waals surface area contributed by atoms with Crippen molar-refractivity contribution in [1.82, 2.24) is 20.0 Å². The lowest BCUT2D eigenvalue weighted by Gasteiger charge is -2.26. The van der Waals surface area contributed by atoms with Crippen molar-refractivity contribution in [2.45, 2.75) is 37.9 Å². The highest BCUT2D eigenvalue weighted by Crippen LogP contribution is 2.19. The molecule has 1 heterocycles. The summed E-state index contributed by atoms with van der Waals surface area (Å²) >= 11 is 0. The second kappa shape index (κ2) is 6.16. The topological polar surface area (TPSA) is 76.2 Å². The average molecular weight is 265 g/mol. The quantitative estimate of drug-likeness (QED) is 0.719. The smallest absolute Gasteiger partial charge is 0.221 e. The van der Waals surface area contributed by atoms with Gasteiger partial charge in [0.1, 0.15) is 0 Å². The van der Waals surface area contributed by atoms with E-state index in [1.807, 2.05) is 26.5 Å². The Morgan fingerprint density at radius 1 is 1.68 bits per heavy atom. The van der Waals surface area contributed by atoms with Crippen molar-refractivity contribution in [3.05, 3.63) is 18.0 Å². The van der Waals surface area contributed by atoms with Crippen LogP contribution in [0.2, 0.25) is 0 Å². The van der Waals surface area contributed by atoms with Crippen LogP contribution >= 0.6 is 0 Å². The maximum atomic E-state index is 11.8. The molecule has 1 amide bonds. The molecule has 1 saturated carbocycles. The van der Waals surface area contributed by atoms with Gasteiger partial charge in [0.25, 0.3) is 0 Å². The van der Waals surface area contributed by atoms with Crippen molar-refractivity contribution < 1.29 is 4.79 Å². The van der Waals surface area contributed by atoms with Gasteiger partial charge in [0, 0.05) is 50.4 Å². The van der Waals surface area contributed by atoms with Gasteiger partial charge in [0.15, 0.2) is 0 Å². The number of nitrogens with two attached hydrogens (primary N) is 1.